The fraction of sp³-hybridized carbons (Fsp3) is 0.875. The molecule has 0 aliphatic heterocycles. The molecule has 0 saturated heterocycles. The Balaban J connectivity index is 1.55. The molecular weight excluding hydrogens is 448 g/mol. The van der Waals surface area contributed by atoms with Gasteiger partial charge >= 0.3 is 11.9 Å². The Labute approximate surface area is 219 Å². The third-order valence-electron chi connectivity index (χ3n) is 13.3. The van der Waals surface area contributed by atoms with Crippen molar-refractivity contribution in [3.05, 3.63) is 11.6 Å². The predicted octanol–water partition coefficient (Wildman–Crippen LogP) is 7.80. The van der Waals surface area contributed by atoms with Crippen LogP contribution in [0.5, 0.6) is 0 Å². The van der Waals surface area contributed by atoms with Gasteiger partial charge in [0.25, 0.3) is 0 Å². The van der Waals surface area contributed by atoms with E-state index in [2.05, 4.69) is 54.5 Å². The number of carboxylic acids is 1. The lowest BCUT2D eigenvalue weighted by Crippen LogP contribution is -2.65. The van der Waals surface area contributed by atoms with Crippen LogP contribution < -0.4 is 0 Å². The first-order valence-electron chi connectivity index (χ1n) is 14.6. The van der Waals surface area contributed by atoms with Gasteiger partial charge < -0.3 is 9.84 Å². The molecule has 4 fully saturated rings. The van der Waals surface area contributed by atoms with Crippen LogP contribution in [0.4, 0.5) is 0 Å². The quantitative estimate of drug-likeness (QED) is 0.311. The zero-order valence-corrected chi connectivity index (χ0v) is 24.1. The van der Waals surface area contributed by atoms with Gasteiger partial charge in [-0.05, 0) is 104 Å². The molecule has 8 atom stereocenters. The van der Waals surface area contributed by atoms with E-state index in [0.717, 1.165) is 57.8 Å². The first-order chi connectivity index (χ1) is 16.5. The van der Waals surface area contributed by atoms with E-state index in [0.29, 0.717) is 11.8 Å². The first kappa shape index (κ1) is 26.3. The van der Waals surface area contributed by atoms with Crippen LogP contribution in [-0.2, 0) is 14.3 Å². The van der Waals surface area contributed by atoms with Gasteiger partial charge in [0, 0.05) is 12.3 Å². The lowest BCUT2D eigenvalue weighted by molar-refractivity contribution is -0.213. The standard InChI is InChI=1S/C32H50O4/c1-20(33)36-25-12-13-29(6)23(28(25,4)5)11-14-31(8)24(29)10-9-21-22-19-27(2,3)15-17-32(22,26(34)35)18-16-30(21,31)7/h9,22-25H,10-19H2,1-8H3,(H,34,35)/t22-,23?,24-,25+,29+,30-,31-,32+/m1/s1. The minimum Gasteiger partial charge on any atom is -0.481 e. The van der Waals surface area contributed by atoms with Crippen molar-refractivity contribution < 1.29 is 19.4 Å². The first-order valence-corrected chi connectivity index (χ1v) is 14.6. The highest BCUT2D eigenvalue weighted by Crippen LogP contribution is 2.75. The van der Waals surface area contributed by atoms with E-state index >= 15 is 0 Å². The van der Waals surface area contributed by atoms with Gasteiger partial charge in [-0.3, -0.25) is 9.59 Å². The number of hydrogen-bond donors (Lipinski definition) is 1. The molecule has 5 aliphatic carbocycles. The van der Waals surface area contributed by atoms with Crippen molar-refractivity contribution in [2.45, 2.75) is 126 Å². The topological polar surface area (TPSA) is 63.6 Å². The zero-order chi connectivity index (χ0) is 26.5. The van der Waals surface area contributed by atoms with E-state index in [9.17, 15) is 14.7 Å². The number of aliphatic carboxylic acids is 1. The number of rotatable bonds is 2. The molecule has 0 amide bonds. The van der Waals surface area contributed by atoms with Gasteiger partial charge in [-0.1, -0.05) is 60.1 Å². The van der Waals surface area contributed by atoms with Crippen LogP contribution in [0.15, 0.2) is 11.6 Å². The van der Waals surface area contributed by atoms with E-state index in [4.69, 9.17) is 4.74 Å². The molecule has 202 valence electrons. The second-order valence-corrected chi connectivity index (χ2v) is 15.6. The number of carbonyl (C=O) groups excluding carboxylic acids is 1. The van der Waals surface area contributed by atoms with Crippen molar-refractivity contribution in [3.8, 4) is 0 Å². The Morgan fingerprint density at radius 1 is 0.889 bits per heavy atom. The van der Waals surface area contributed by atoms with E-state index in [1.54, 1.807) is 6.92 Å². The van der Waals surface area contributed by atoms with Crippen LogP contribution in [0.25, 0.3) is 0 Å². The molecule has 5 rings (SSSR count). The summed E-state index contributed by atoms with van der Waals surface area (Å²) in [6, 6.07) is 0. The highest BCUT2D eigenvalue weighted by Gasteiger charge is 2.69. The minimum absolute atomic E-state index is 0.00181. The fourth-order valence-electron chi connectivity index (χ4n) is 11.0. The molecule has 0 heterocycles. The third-order valence-corrected chi connectivity index (χ3v) is 13.3. The Morgan fingerprint density at radius 2 is 1.56 bits per heavy atom. The average Bonchev–Trinajstić information content (AvgIpc) is 2.75. The molecular formula is C32H50O4. The van der Waals surface area contributed by atoms with Crippen LogP contribution in [0.2, 0.25) is 0 Å². The Kier molecular flexibility index (Phi) is 5.74. The summed E-state index contributed by atoms with van der Waals surface area (Å²) in [6.07, 6.45) is 12.6. The van der Waals surface area contributed by atoms with Gasteiger partial charge in [0.2, 0.25) is 0 Å². The molecule has 5 aliphatic rings. The summed E-state index contributed by atoms with van der Waals surface area (Å²) >= 11 is 0. The van der Waals surface area contributed by atoms with Crippen molar-refractivity contribution >= 4 is 11.9 Å². The molecule has 0 aromatic rings. The van der Waals surface area contributed by atoms with E-state index in [-0.39, 0.29) is 45.1 Å². The van der Waals surface area contributed by atoms with Crippen LogP contribution in [0.1, 0.15) is 120 Å². The normalized spacial score (nSPS) is 48.8. The number of hydrogen-bond acceptors (Lipinski definition) is 3. The maximum atomic E-state index is 12.8. The number of carbonyl (C=O) groups is 2. The Bertz CT molecular complexity index is 992. The monoisotopic (exact) mass is 498 g/mol. The predicted molar refractivity (Wildman–Crippen MR) is 142 cm³/mol. The van der Waals surface area contributed by atoms with Gasteiger partial charge in [-0.25, -0.2) is 0 Å². The molecule has 0 spiro atoms. The molecule has 1 N–H and O–H groups in total. The lowest BCUT2D eigenvalue weighted by Gasteiger charge is -2.71. The number of allylic oxidation sites excluding steroid dienone is 2. The molecule has 0 aromatic carbocycles. The number of carboxylic acid groups (broad SMARTS) is 1. The van der Waals surface area contributed by atoms with Crippen molar-refractivity contribution in [2.24, 2.45) is 50.2 Å². The molecule has 0 aromatic heterocycles. The molecule has 0 radical (unpaired) electrons. The Hall–Kier alpha value is -1.32. The summed E-state index contributed by atoms with van der Waals surface area (Å²) in [6.45, 7) is 18.5. The summed E-state index contributed by atoms with van der Waals surface area (Å²) < 4.78 is 5.87. The van der Waals surface area contributed by atoms with Gasteiger partial charge in [-0.2, -0.15) is 0 Å². The number of esters is 1. The van der Waals surface area contributed by atoms with Crippen LogP contribution in [-0.4, -0.2) is 23.1 Å². The summed E-state index contributed by atoms with van der Waals surface area (Å²) in [5, 5.41) is 10.5. The van der Waals surface area contributed by atoms with E-state index in [1.807, 2.05) is 0 Å². The summed E-state index contributed by atoms with van der Waals surface area (Å²) in [5.74, 6) is 0.546. The number of fused-ring (bicyclic) bond motifs is 7. The smallest absolute Gasteiger partial charge is 0.310 e. The molecule has 4 nitrogen and oxygen atoms in total. The van der Waals surface area contributed by atoms with Crippen molar-refractivity contribution in [1.82, 2.24) is 0 Å². The zero-order valence-electron chi connectivity index (χ0n) is 24.1. The molecule has 36 heavy (non-hydrogen) atoms. The van der Waals surface area contributed by atoms with Crippen LogP contribution >= 0.6 is 0 Å². The molecule has 4 saturated carbocycles. The van der Waals surface area contributed by atoms with Crippen LogP contribution in [0, 0.1) is 50.2 Å². The maximum Gasteiger partial charge on any atom is 0.310 e. The summed E-state index contributed by atoms with van der Waals surface area (Å²) in [7, 11) is 0. The van der Waals surface area contributed by atoms with Gasteiger partial charge in [0.1, 0.15) is 6.10 Å². The average molecular weight is 499 g/mol. The van der Waals surface area contributed by atoms with Crippen molar-refractivity contribution in [1.29, 1.82) is 0 Å². The summed E-state index contributed by atoms with van der Waals surface area (Å²) in [4.78, 5) is 24.7. The minimum atomic E-state index is -0.574. The molecule has 4 heteroatoms. The molecule has 0 bridgehead atoms. The molecule has 1 unspecified atom stereocenters. The fourth-order valence-corrected chi connectivity index (χ4v) is 11.0. The van der Waals surface area contributed by atoms with Gasteiger partial charge in [0.15, 0.2) is 0 Å². The highest BCUT2D eigenvalue weighted by atomic mass is 16.5. The van der Waals surface area contributed by atoms with Crippen molar-refractivity contribution in [3.63, 3.8) is 0 Å². The van der Waals surface area contributed by atoms with Crippen molar-refractivity contribution in [2.75, 3.05) is 0 Å². The highest BCUT2D eigenvalue weighted by molar-refractivity contribution is 5.76. The van der Waals surface area contributed by atoms with E-state index in [1.165, 1.54) is 12.0 Å². The SMILES string of the molecule is CC(=O)O[C@H]1CC[C@@]2(C)C(CC[C@]3(C)[C@@H]2CC=C2[C@H]4CC(C)(C)CC[C@]4(C(=O)O)CC[C@]23C)C1(C)C. The third kappa shape index (κ3) is 3.30. The largest absolute Gasteiger partial charge is 0.481 e. The van der Waals surface area contributed by atoms with Gasteiger partial charge in [-0.15, -0.1) is 0 Å². The van der Waals surface area contributed by atoms with Gasteiger partial charge in [0.05, 0.1) is 5.41 Å². The number of ether oxygens (including phenoxy) is 1. The lowest BCUT2D eigenvalue weighted by atomic mass is 9.33. The maximum absolute atomic E-state index is 12.8. The summed E-state index contributed by atoms with van der Waals surface area (Å²) in [5.41, 5.74) is 1.50. The Morgan fingerprint density at radius 3 is 2.19 bits per heavy atom. The second-order valence-electron chi connectivity index (χ2n) is 15.6. The second kappa shape index (κ2) is 7.85. The van der Waals surface area contributed by atoms with Crippen LogP contribution in [0.3, 0.4) is 0 Å². The van der Waals surface area contributed by atoms with E-state index < -0.39 is 11.4 Å².